The lowest BCUT2D eigenvalue weighted by atomic mass is 10.1. The Morgan fingerprint density at radius 3 is 3.00 bits per heavy atom. The molecule has 5 nitrogen and oxygen atoms in total. The second-order valence-electron chi connectivity index (χ2n) is 4.59. The van der Waals surface area contributed by atoms with Crippen LogP contribution < -0.4 is 5.32 Å². The van der Waals surface area contributed by atoms with E-state index in [9.17, 15) is 0 Å². The van der Waals surface area contributed by atoms with Gasteiger partial charge in [0.15, 0.2) is 0 Å². The topological polar surface area (TPSA) is 66.5 Å². The first-order valence-corrected chi connectivity index (χ1v) is 6.37. The monoisotopic (exact) mass is 245 g/mol. The van der Waals surface area contributed by atoms with E-state index < -0.39 is 0 Å². The Balaban J connectivity index is 2.00. The molecular weight excluding hydrogens is 226 g/mol. The number of tetrazole rings is 1. The van der Waals surface area contributed by atoms with Crippen LogP contribution >= 0.6 is 0 Å². The summed E-state index contributed by atoms with van der Waals surface area (Å²) in [6.07, 6.45) is 2.48. The second-order valence-corrected chi connectivity index (χ2v) is 4.59. The number of aromatic nitrogens is 4. The molecule has 0 fully saturated rings. The molecular formula is C13H19N5. The van der Waals surface area contributed by atoms with Gasteiger partial charge in [-0.3, -0.25) is 0 Å². The zero-order valence-corrected chi connectivity index (χ0v) is 10.8. The molecule has 96 valence electrons. The first-order valence-electron chi connectivity index (χ1n) is 6.37. The van der Waals surface area contributed by atoms with Gasteiger partial charge in [-0.15, -0.1) is 10.2 Å². The van der Waals surface area contributed by atoms with Crippen molar-refractivity contribution in [2.75, 3.05) is 11.9 Å². The number of H-pyrrole nitrogens is 1. The highest BCUT2D eigenvalue weighted by molar-refractivity contribution is 5.61. The van der Waals surface area contributed by atoms with E-state index >= 15 is 0 Å². The van der Waals surface area contributed by atoms with Gasteiger partial charge >= 0.3 is 0 Å². The number of aromatic amines is 1. The number of hydrogen-bond donors (Lipinski definition) is 2. The van der Waals surface area contributed by atoms with E-state index in [0.29, 0.717) is 11.7 Å². The summed E-state index contributed by atoms with van der Waals surface area (Å²) in [4.78, 5) is 0. The normalized spacial score (nSPS) is 12.3. The summed E-state index contributed by atoms with van der Waals surface area (Å²) < 4.78 is 0. The molecule has 1 aromatic carbocycles. The number of rotatable bonds is 6. The second kappa shape index (κ2) is 6.14. The van der Waals surface area contributed by atoms with Crippen molar-refractivity contribution >= 4 is 5.69 Å². The fourth-order valence-corrected chi connectivity index (χ4v) is 1.94. The Bertz CT molecular complexity index is 466. The van der Waals surface area contributed by atoms with Crippen LogP contribution in [0.2, 0.25) is 0 Å². The SMILES string of the molecule is CCCC(C)CNc1cccc(-c2nn[nH]n2)c1. The largest absolute Gasteiger partial charge is 0.385 e. The molecule has 1 aromatic heterocycles. The maximum Gasteiger partial charge on any atom is 0.204 e. The lowest BCUT2D eigenvalue weighted by Gasteiger charge is -2.12. The maximum absolute atomic E-state index is 3.98. The lowest BCUT2D eigenvalue weighted by molar-refractivity contribution is 0.551. The summed E-state index contributed by atoms with van der Waals surface area (Å²) in [5.41, 5.74) is 2.07. The number of nitrogens with one attached hydrogen (secondary N) is 2. The van der Waals surface area contributed by atoms with E-state index in [4.69, 9.17) is 0 Å². The van der Waals surface area contributed by atoms with Crippen molar-refractivity contribution < 1.29 is 0 Å². The van der Waals surface area contributed by atoms with Crippen LogP contribution in [0.5, 0.6) is 0 Å². The molecule has 0 aliphatic rings. The highest BCUT2D eigenvalue weighted by Crippen LogP contribution is 2.18. The Kier molecular flexibility index (Phi) is 4.28. The first-order chi connectivity index (χ1) is 8.79. The lowest BCUT2D eigenvalue weighted by Crippen LogP contribution is -2.10. The summed E-state index contributed by atoms with van der Waals surface area (Å²) in [6.45, 7) is 5.47. The highest BCUT2D eigenvalue weighted by Gasteiger charge is 2.04. The van der Waals surface area contributed by atoms with Gasteiger partial charge in [-0.05, 0) is 29.7 Å². The Hall–Kier alpha value is -1.91. The quantitative estimate of drug-likeness (QED) is 0.821. The van der Waals surface area contributed by atoms with E-state index in [1.807, 2.05) is 18.2 Å². The highest BCUT2D eigenvalue weighted by atomic mass is 15.5. The Morgan fingerprint density at radius 1 is 1.39 bits per heavy atom. The van der Waals surface area contributed by atoms with E-state index in [0.717, 1.165) is 17.8 Å². The van der Waals surface area contributed by atoms with Gasteiger partial charge in [0.05, 0.1) is 0 Å². The molecule has 2 rings (SSSR count). The van der Waals surface area contributed by atoms with Gasteiger partial charge in [-0.2, -0.15) is 5.21 Å². The van der Waals surface area contributed by atoms with E-state index in [1.165, 1.54) is 12.8 Å². The molecule has 0 bridgehead atoms. The minimum Gasteiger partial charge on any atom is -0.385 e. The molecule has 1 unspecified atom stereocenters. The average molecular weight is 245 g/mol. The molecule has 0 aliphatic heterocycles. The maximum atomic E-state index is 3.98. The molecule has 0 saturated carbocycles. The molecule has 0 saturated heterocycles. The summed E-state index contributed by atoms with van der Waals surface area (Å²) in [6, 6.07) is 8.08. The number of benzene rings is 1. The van der Waals surface area contributed by atoms with Crippen LogP contribution in [-0.2, 0) is 0 Å². The van der Waals surface area contributed by atoms with Crippen LogP contribution in [0.15, 0.2) is 24.3 Å². The van der Waals surface area contributed by atoms with Crippen LogP contribution in [0.25, 0.3) is 11.4 Å². The van der Waals surface area contributed by atoms with Gasteiger partial charge < -0.3 is 5.32 Å². The molecule has 0 spiro atoms. The summed E-state index contributed by atoms with van der Waals surface area (Å²) >= 11 is 0. The van der Waals surface area contributed by atoms with Crippen molar-refractivity contribution in [3.05, 3.63) is 24.3 Å². The van der Waals surface area contributed by atoms with Crippen molar-refractivity contribution in [1.29, 1.82) is 0 Å². The fraction of sp³-hybridized carbons (Fsp3) is 0.462. The van der Waals surface area contributed by atoms with Crippen LogP contribution in [0.3, 0.4) is 0 Å². The van der Waals surface area contributed by atoms with E-state index in [1.54, 1.807) is 0 Å². The minimum absolute atomic E-state index is 0.625. The smallest absolute Gasteiger partial charge is 0.204 e. The van der Waals surface area contributed by atoms with Crippen LogP contribution in [-0.4, -0.2) is 27.2 Å². The predicted octanol–water partition coefficient (Wildman–Crippen LogP) is 2.71. The summed E-state index contributed by atoms with van der Waals surface area (Å²) in [5, 5.41) is 17.4. The van der Waals surface area contributed by atoms with E-state index in [2.05, 4.69) is 45.9 Å². The zero-order valence-electron chi connectivity index (χ0n) is 10.8. The zero-order chi connectivity index (χ0) is 12.8. The van der Waals surface area contributed by atoms with Crippen molar-refractivity contribution in [3.63, 3.8) is 0 Å². The Labute approximate surface area is 107 Å². The minimum atomic E-state index is 0.625. The van der Waals surface area contributed by atoms with Gasteiger partial charge in [-0.25, -0.2) is 0 Å². The molecule has 0 radical (unpaired) electrons. The van der Waals surface area contributed by atoms with Crippen molar-refractivity contribution in [2.24, 2.45) is 5.92 Å². The van der Waals surface area contributed by atoms with Gasteiger partial charge in [0, 0.05) is 17.8 Å². The number of hydrogen-bond acceptors (Lipinski definition) is 4. The molecule has 0 aliphatic carbocycles. The average Bonchev–Trinajstić information content (AvgIpc) is 2.91. The van der Waals surface area contributed by atoms with Crippen LogP contribution in [0, 0.1) is 5.92 Å². The first kappa shape index (κ1) is 12.5. The molecule has 1 atom stereocenters. The van der Waals surface area contributed by atoms with E-state index in [-0.39, 0.29) is 0 Å². The molecule has 2 N–H and O–H groups in total. The van der Waals surface area contributed by atoms with Gasteiger partial charge in [0.1, 0.15) is 0 Å². The summed E-state index contributed by atoms with van der Waals surface area (Å²) in [5.74, 6) is 1.31. The predicted molar refractivity (Wildman–Crippen MR) is 72.2 cm³/mol. The van der Waals surface area contributed by atoms with Gasteiger partial charge in [-0.1, -0.05) is 32.4 Å². The molecule has 1 heterocycles. The van der Waals surface area contributed by atoms with Crippen LogP contribution in [0.4, 0.5) is 5.69 Å². The van der Waals surface area contributed by atoms with Gasteiger partial charge in [0.2, 0.25) is 5.82 Å². The van der Waals surface area contributed by atoms with Crippen molar-refractivity contribution in [3.8, 4) is 11.4 Å². The standard InChI is InChI=1S/C13H19N5/c1-3-5-10(2)9-14-12-7-4-6-11(8-12)13-15-17-18-16-13/h4,6-8,10,14H,3,5,9H2,1-2H3,(H,15,16,17,18). The third-order valence-electron chi connectivity index (χ3n) is 2.90. The summed E-state index contributed by atoms with van der Waals surface area (Å²) in [7, 11) is 0. The molecule has 5 heteroatoms. The van der Waals surface area contributed by atoms with Crippen molar-refractivity contribution in [1.82, 2.24) is 20.6 Å². The Morgan fingerprint density at radius 2 is 2.28 bits per heavy atom. The van der Waals surface area contributed by atoms with Crippen LogP contribution in [0.1, 0.15) is 26.7 Å². The molecule has 2 aromatic rings. The third-order valence-corrected chi connectivity index (χ3v) is 2.90. The van der Waals surface area contributed by atoms with Gasteiger partial charge in [0.25, 0.3) is 0 Å². The molecule has 0 amide bonds. The van der Waals surface area contributed by atoms with Crippen molar-refractivity contribution in [2.45, 2.75) is 26.7 Å². The number of nitrogens with zero attached hydrogens (tertiary/aromatic N) is 3. The molecule has 18 heavy (non-hydrogen) atoms. The third kappa shape index (κ3) is 3.29. The number of anilines is 1. The fourth-order valence-electron chi connectivity index (χ4n) is 1.94.